The van der Waals surface area contributed by atoms with Gasteiger partial charge in [-0.1, -0.05) is 24.3 Å². The van der Waals surface area contributed by atoms with Crippen molar-refractivity contribution in [2.45, 2.75) is 18.6 Å². The molecule has 1 saturated heterocycles. The number of rotatable bonds is 2. The van der Waals surface area contributed by atoms with Crippen molar-refractivity contribution in [3.8, 4) is 11.5 Å². The van der Waals surface area contributed by atoms with Crippen molar-refractivity contribution < 1.29 is 14.9 Å². The highest BCUT2D eigenvalue weighted by molar-refractivity contribution is 5.45. The van der Waals surface area contributed by atoms with E-state index in [1.54, 1.807) is 24.3 Å². The Hall–Kier alpha value is -2.00. The van der Waals surface area contributed by atoms with Crippen molar-refractivity contribution >= 4 is 0 Å². The second-order valence-corrected chi connectivity index (χ2v) is 4.59. The Morgan fingerprint density at radius 1 is 0.833 bits per heavy atom. The van der Waals surface area contributed by atoms with Gasteiger partial charge in [0.05, 0.1) is 6.10 Å². The predicted molar refractivity (Wildman–Crippen MR) is 67.5 cm³/mol. The van der Waals surface area contributed by atoms with Crippen LogP contribution < -0.4 is 0 Å². The maximum atomic E-state index is 9.34. The second-order valence-electron chi connectivity index (χ2n) is 4.59. The first-order chi connectivity index (χ1) is 8.63. The zero-order chi connectivity index (χ0) is 12.8. The van der Waals surface area contributed by atoms with Gasteiger partial charge in [0.25, 0.3) is 0 Å². The minimum atomic E-state index is -0.443. The Morgan fingerprint density at radius 3 is 1.44 bits per heavy atom. The van der Waals surface area contributed by atoms with Crippen LogP contribution in [0.1, 0.15) is 18.1 Å². The molecular weight excluding hydrogens is 228 g/mol. The average molecular weight is 242 g/mol. The quantitative estimate of drug-likeness (QED) is 0.796. The van der Waals surface area contributed by atoms with Crippen LogP contribution in [0, 0.1) is 0 Å². The SMILES string of the molecule is CC1OC1(c1ccc(O)cc1)c1ccc(O)cc1. The van der Waals surface area contributed by atoms with Crippen LogP contribution in [-0.2, 0) is 10.3 Å². The summed E-state index contributed by atoms with van der Waals surface area (Å²) in [6.07, 6.45) is 0.0894. The number of hydrogen-bond donors (Lipinski definition) is 2. The molecule has 92 valence electrons. The first kappa shape index (κ1) is 11.1. The van der Waals surface area contributed by atoms with Gasteiger partial charge in [-0.2, -0.15) is 0 Å². The van der Waals surface area contributed by atoms with E-state index in [1.807, 2.05) is 31.2 Å². The molecule has 1 fully saturated rings. The molecule has 18 heavy (non-hydrogen) atoms. The summed E-state index contributed by atoms with van der Waals surface area (Å²) in [5, 5.41) is 18.7. The zero-order valence-corrected chi connectivity index (χ0v) is 10.00. The smallest absolute Gasteiger partial charge is 0.144 e. The van der Waals surface area contributed by atoms with Crippen LogP contribution in [0.4, 0.5) is 0 Å². The number of benzene rings is 2. The fraction of sp³-hybridized carbons (Fsp3) is 0.200. The lowest BCUT2D eigenvalue weighted by Crippen LogP contribution is -2.13. The zero-order valence-electron chi connectivity index (χ0n) is 10.00. The number of hydrogen-bond acceptors (Lipinski definition) is 3. The molecular formula is C15H14O3. The topological polar surface area (TPSA) is 53.0 Å². The molecule has 1 atom stereocenters. The molecule has 3 nitrogen and oxygen atoms in total. The van der Waals surface area contributed by atoms with Gasteiger partial charge in [-0.05, 0) is 42.3 Å². The van der Waals surface area contributed by atoms with E-state index in [1.165, 1.54) is 0 Å². The maximum absolute atomic E-state index is 9.34. The predicted octanol–water partition coefficient (Wildman–Crippen LogP) is 2.76. The highest BCUT2D eigenvalue weighted by Gasteiger charge is 2.56. The van der Waals surface area contributed by atoms with E-state index in [0.29, 0.717) is 0 Å². The minimum Gasteiger partial charge on any atom is -0.508 e. The number of aromatic hydroxyl groups is 2. The van der Waals surface area contributed by atoms with Crippen LogP contribution in [0.15, 0.2) is 48.5 Å². The summed E-state index contributed by atoms with van der Waals surface area (Å²) in [6, 6.07) is 14.1. The lowest BCUT2D eigenvalue weighted by atomic mass is 9.88. The van der Waals surface area contributed by atoms with Crippen molar-refractivity contribution in [3.63, 3.8) is 0 Å². The van der Waals surface area contributed by atoms with Crippen LogP contribution in [0.2, 0.25) is 0 Å². The summed E-state index contributed by atoms with van der Waals surface area (Å²) < 4.78 is 5.79. The number of phenols is 2. The van der Waals surface area contributed by atoms with E-state index >= 15 is 0 Å². The molecule has 0 amide bonds. The van der Waals surface area contributed by atoms with Crippen molar-refractivity contribution in [1.29, 1.82) is 0 Å². The average Bonchev–Trinajstić information content (AvgIpc) is 3.04. The lowest BCUT2D eigenvalue weighted by Gasteiger charge is -2.14. The molecule has 2 aromatic rings. The number of phenolic OH excluding ortho intramolecular Hbond substituents is 2. The molecule has 0 aliphatic carbocycles. The summed E-state index contributed by atoms with van der Waals surface area (Å²) in [4.78, 5) is 0. The fourth-order valence-corrected chi connectivity index (χ4v) is 2.44. The van der Waals surface area contributed by atoms with Gasteiger partial charge in [0.2, 0.25) is 0 Å². The van der Waals surface area contributed by atoms with Gasteiger partial charge in [-0.15, -0.1) is 0 Å². The molecule has 1 aliphatic heterocycles. The molecule has 3 rings (SSSR count). The minimum absolute atomic E-state index is 0.0894. The summed E-state index contributed by atoms with van der Waals surface area (Å²) in [5.74, 6) is 0.487. The molecule has 1 unspecified atom stereocenters. The summed E-state index contributed by atoms with van der Waals surface area (Å²) in [6.45, 7) is 2.01. The Balaban J connectivity index is 2.06. The highest BCUT2D eigenvalue weighted by atomic mass is 16.6. The molecule has 0 spiro atoms. The van der Waals surface area contributed by atoms with E-state index in [2.05, 4.69) is 0 Å². The molecule has 1 heterocycles. The Labute approximate surface area is 105 Å². The highest BCUT2D eigenvalue weighted by Crippen LogP contribution is 2.51. The van der Waals surface area contributed by atoms with Gasteiger partial charge in [-0.25, -0.2) is 0 Å². The molecule has 2 N–H and O–H groups in total. The van der Waals surface area contributed by atoms with E-state index < -0.39 is 5.60 Å². The van der Waals surface area contributed by atoms with Crippen molar-refractivity contribution in [1.82, 2.24) is 0 Å². The van der Waals surface area contributed by atoms with Gasteiger partial charge in [0, 0.05) is 0 Å². The van der Waals surface area contributed by atoms with Gasteiger partial charge < -0.3 is 14.9 Å². The van der Waals surface area contributed by atoms with E-state index in [9.17, 15) is 10.2 Å². The standard InChI is InChI=1S/C15H14O3/c1-10-15(18-10,11-2-6-13(16)7-3-11)12-4-8-14(17)9-5-12/h2-10,16-17H,1H3. The van der Waals surface area contributed by atoms with Gasteiger partial charge in [0.15, 0.2) is 0 Å². The first-order valence-corrected chi connectivity index (χ1v) is 5.90. The van der Waals surface area contributed by atoms with E-state index in [-0.39, 0.29) is 17.6 Å². The Bertz CT molecular complexity index is 512. The number of epoxide rings is 1. The lowest BCUT2D eigenvalue weighted by molar-refractivity contribution is 0.332. The van der Waals surface area contributed by atoms with Crippen molar-refractivity contribution in [2.75, 3.05) is 0 Å². The van der Waals surface area contributed by atoms with Crippen LogP contribution in [0.25, 0.3) is 0 Å². The van der Waals surface area contributed by atoms with E-state index in [0.717, 1.165) is 11.1 Å². The summed E-state index contributed by atoms with van der Waals surface area (Å²) >= 11 is 0. The normalized spacial score (nSPS) is 20.6. The monoisotopic (exact) mass is 242 g/mol. The number of ether oxygens (including phenoxy) is 1. The second kappa shape index (κ2) is 3.75. The Morgan fingerprint density at radius 2 is 1.17 bits per heavy atom. The summed E-state index contributed by atoms with van der Waals surface area (Å²) in [5.41, 5.74) is 1.58. The third kappa shape index (κ3) is 1.56. The molecule has 2 aromatic carbocycles. The molecule has 0 bridgehead atoms. The maximum Gasteiger partial charge on any atom is 0.144 e. The van der Waals surface area contributed by atoms with Crippen LogP contribution >= 0.6 is 0 Å². The fourth-order valence-electron chi connectivity index (χ4n) is 2.44. The van der Waals surface area contributed by atoms with Crippen LogP contribution in [0.5, 0.6) is 11.5 Å². The largest absolute Gasteiger partial charge is 0.508 e. The molecule has 0 saturated carbocycles. The van der Waals surface area contributed by atoms with Gasteiger partial charge >= 0.3 is 0 Å². The summed E-state index contributed by atoms with van der Waals surface area (Å²) in [7, 11) is 0. The third-order valence-electron chi connectivity index (χ3n) is 3.47. The Kier molecular flexibility index (Phi) is 2.31. The molecule has 1 aliphatic rings. The first-order valence-electron chi connectivity index (χ1n) is 5.90. The molecule has 3 heteroatoms. The van der Waals surface area contributed by atoms with Gasteiger partial charge in [-0.3, -0.25) is 0 Å². The van der Waals surface area contributed by atoms with E-state index in [4.69, 9.17) is 4.74 Å². The van der Waals surface area contributed by atoms with Crippen LogP contribution in [0.3, 0.4) is 0 Å². The molecule has 0 radical (unpaired) electrons. The van der Waals surface area contributed by atoms with Crippen molar-refractivity contribution in [3.05, 3.63) is 59.7 Å². The van der Waals surface area contributed by atoms with Crippen LogP contribution in [-0.4, -0.2) is 16.3 Å². The molecule has 0 aromatic heterocycles. The van der Waals surface area contributed by atoms with Crippen molar-refractivity contribution in [2.24, 2.45) is 0 Å². The third-order valence-corrected chi connectivity index (χ3v) is 3.47. The van der Waals surface area contributed by atoms with Gasteiger partial charge in [0.1, 0.15) is 17.1 Å².